The molecule has 0 aliphatic carbocycles. The number of amides is 2. The van der Waals surface area contributed by atoms with E-state index < -0.39 is 0 Å². The molecule has 6 nitrogen and oxygen atoms in total. The van der Waals surface area contributed by atoms with Crippen LogP contribution in [0.15, 0.2) is 35.3 Å². The van der Waals surface area contributed by atoms with Crippen LogP contribution >= 0.6 is 11.3 Å². The lowest BCUT2D eigenvalue weighted by molar-refractivity contribution is 0.0928. The Kier molecular flexibility index (Phi) is 7.24. The SMILES string of the molecule is CC(CCc1ccccc1)NC(=O)N=c1sc(C(C)(C)C)nn1C[C@H]1CCCO1. The molecule has 2 atom stereocenters. The number of carbonyl (C=O) groups excluding carboxylic acids is 1. The van der Waals surface area contributed by atoms with Crippen molar-refractivity contribution < 1.29 is 9.53 Å². The molecule has 1 unspecified atom stereocenters. The van der Waals surface area contributed by atoms with Gasteiger partial charge in [-0.05, 0) is 38.2 Å². The Morgan fingerprint density at radius 1 is 1.38 bits per heavy atom. The molecule has 1 saturated heterocycles. The molecular formula is C22H32N4O2S. The predicted molar refractivity (Wildman–Crippen MR) is 116 cm³/mol. The summed E-state index contributed by atoms with van der Waals surface area (Å²) in [5, 5.41) is 8.70. The number of nitrogens with one attached hydrogen (secondary N) is 1. The van der Waals surface area contributed by atoms with Gasteiger partial charge in [0.05, 0.1) is 12.6 Å². The van der Waals surface area contributed by atoms with Crippen molar-refractivity contribution in [2.75, 3.05) is 6.61 Å². The number of urea groups is 1. The molecule has 1 aliphatic heterocycles. The van der Waals surface area contributed by atoms with Gasteiger partial charge in [0.1, 0.15) is 5.01 Å². The second-order valence-corrected chi connectivity index (χ2v) is 9.70. The van der Waals surface area contributed by atoms with Crippen molar-refractivity contribution >= 4 is 17.4 Å². The summed E-state index contributed by atoms with van der Waals surface area (Å²) in [5.74, 6) is 0. The molecule has 1 fully saturated rings. The maximum Gasteiger partial charge on any atom is 0.343 e. The molecule has 29 heavy (non-hydrogen) atoms. The van der Waals surface area contributed by atoms with Gasteiger partial charge < -0.3 is 10.1 Å². The third kappa shape index (κ3) is 6.51. The van der Waals surface area contributed by atoms with Crippen LogP contribution in [0.3, 0.4) is 0 Å². The molecule has 0 saturated carbocycles. The van der Waals surface area contributed by atoms with E-state index in [0.29, 0.717) is 11.3 Å². The van der Waals surface area contributed by atoms with Gasteiger partial charge in [0, 0.05) is 18.1 Å². The Morgan fingerprint density at radius 3 is 2.79 bits per heavy atom. The van der Waals surface area contributed by atoms with E-state index in [4.69, 9.17) is 9.84 Å². The highest BCUT2D eigenvalue weighted by molar-refractivity contribution is 7.09. The molecule has 158 valence electrons. The Morgan fingerprint density at radius 2 is 2.14 bits per heavy atom. The molecule has 1 N–H and O–H groups in total. The standard InChI is InChI=1S/C22H32N4O2S/c1-16(12-13-17-9-6-5-7-10-17)23-20(27)24-21-26(15-18-11-8-14-28-18)25-19(29-21)22(2,3)4/h5-7,9-10,16,18H,8,11-15H2,1-4H3,(H,23,27)/t16?,18-/m1/s1. The van der Waals surface area contributed by atoms with E-state index in [1.807, 2.05) is 29.8 Å². The molecule has 1 aromatic heterocycles. The zero-order valence-corrected chi connectivity index (χ0v) is 18.7. The number of aryl methyl sites for hydroxylation is 1. The van der Waals surface area contributed by atoms with E-state index in [0.717, 1.165) is 37.3 Å². The van der Waals surface area contributed by atoms with Crippen molar-refractivity contribution in [3.05, 3.63) is 45.7 Å². The van der Waals surface area contributed by atoms with Crippen molar-refractivity contribution in [2.45, 2.75) is 77.5 Å². The number of nitrogens with zero attached hydrogens (tertiary/aromatic N) is 3. The van der Waals surface area contributed by atoms with Gasteiger partial charge in [-0.25, -0.2) is 9.48 Å². The quantitative estimate of drug-likeness (QED) is 0.772. The van der Waals surface area contributed by atoms with Crippen LogP contribution in [0, 0.1) is 0 Å². The predicted octanol–water partition coefficient (Wildman–Crippen LogP) is 4.05. The maximum absolute atomic E-state index is 12.5. The van der Waals surface area contributed by atoms with Gasteiger partial charge in [-0.2, -0.15) is 10.1 Å². The van der Waals surface area contributed by atoms with Gasteiger partial charge in [-0.1, -0.05) is 62.4 Å². The number of ether oxygens (including phenoxy) is 1. The second kappa shape index (κ2) is 9.67. The molecule has 1 aromatic carbocycles. The first kappa shape index (κ1) is 21.7. The summed E-state index contributed by atoms with van der Waals surface area (Å²) in [6.45, 7) is 9.83. The summed E-state index contributed by atoms with van der Waals surface area (Å²) in [5.41, 5.74) is 1.19. The fourth-order valence-electron chi connectivity index (χ4n) is 3.23. The average Bonchev–Trinajstić information content (AvgIpc) is 3.31. The Balaban J connectivity index is 1.68. The number of hydrogen-bond acceptors (Lipinski definition) is 4. The van der Waals surface area contributed by atoms with Gasteiger partial charge in [0.15, 0.2) is 0 Å². The summed E-state index contributed by atoms with van der Waals surface area (Å²) >= 11 is 1.48. The molecule has 2 heterocycles. The lowest BCUT2D eigenvalue weighted by Crippen LogP contribution is -2.33. The maximum atomic E-state index is 12.5. The topological polar surface area (TPSA) is 68.5 Å². The summed E-state index contributed by atoms with van der Waals surface area (Å²) in [6.07, 6.45) is 4.05. The normalized spacial score (nSPS) is 18.8. The summed E-state index contributed by atoms with van der Waals surface area (Å²) in [4.78, 5) is 17.5. The molecule has 0 radical (unpaired) electrons. The minimum atomic E-state index is -0.309. The van der Waals surface area contributed by atoms with Crippen LogP contribution in [0.5, 0.6) is 0 Å². The minimum absolute atomic E-state index is 0.0491. The Bertz CT molecular complexity index is 861. The first-order valence-corrected chi connectivity index (χ1v) is 11.2. The smallest absolute Gasteiger partial charge is 0.343 e. The van der Waals surface area contributed by atoms with Crippen LogP contribution in [-0.2, 0) is 23.1 Å². The minimum Gasteiger partial charge on any atom is -0.376 e. The van der Waals surface area contributed by atoms with Gasteiger partial charge in [-0.3, -0.25) is 0 Å². The van der Waals surface area contributed by atoms with E-state index in [1.54, 1.807) is 0 Å². The monoisotopic (exact) mass is 416 g/mol. The zero-order chi connectivity index (χ0) is 20.9. The molecule has 2 amide bonds. The molecule has 0 spiro atoms. The summed E-state index contributed by atoms with van der Waals surface area (Å²) < 4.78 is 7.59. The molecule has 0 bridgehead atoms. The largest absolute Gasteiger partial charge is 0.376 e. The number of carbonyl (C=O) groups is 1. The lowest BCUT2D eigenvalue weighted by atomic mass is 9.98. The van der Waals surface area contributed by atoms with Gasteiger partial charge in [0.25, 0.3) is 0 Å². The fraction of sp³-hybridized carbons (Fsp3) is 0.591. The van der Waals surface area contributed by atoms with Crippen molar-refractivity contribution in [2.24, 2.45) is 4.99 Å². The number of aromatic nitrogens is 2. The van der Waals surface area contributed by atoms with Gasteiger partial charge >= 0.3 is 6.03 Å². The highest BCUT2D eigenvalue weighted by atomic mass is 32.1. The fourth-order valence-corrected chi connectivity index (χ4v) is 4.19. The van der Waals surface area contributed by atoms with E-state index in [2.05, 4.69) is 43.2 Å². The number of rotatable bonds is 6. The lowest BCUT2D eigenvalue weighted by Gasteiger charge is -2.13. The number of benzene rings is 1. The van der Waals surface area contributed by atoms with Crippen LogP contribution in [0.1, 0.15) is 57.5 Å². The first-order valence-electron chi connectivity index (χ1n) is 10.4. The highest BCUT2D eigenvalue weighted by Crippen LogP contribution is 2.22. The van der Waals surface area contributed by atoms with E-state index in [9.17, 15) is 4.79 Å². The summed E-state index contributed by atoms with van der Waals surface area (Å²) in [6, 6.07) is 10.1. The third-order valence-corrected chi connectivity index (χ3v) is 6.31. The molecule has 2 aromatic rings. The average molecular weight is 417 g/mol. The highest BCUT2D eigenvalue weighted by Gasteiger charge is 2.23. The molecule has 1 aliphatic rings. The summed E-state index contributed by atoms with van der Waals surface area (Å²) in [7, 11) is 0. The van der Waals surface area contributed by atoms with Crippen molar-refractivity contribution in [1.29, 1.82) is 0 Å². The second-order valence-electron chi connectivity index (χ2n) is 8.74. The molecular weight excluding hydrogens is 384 g/mol. The van der Waals surface area contributed by atoms with Gasteiger partial charge in [-0.15, -0.1) is 0 Å². The van der Waals surface area contributed by atoms with E-state index in [-0.39, 0.29) is 23.6 Å². The van der Waals surface area contributed by atoms with Crippen molar-refractivity contribution in [3.8, 4) is 0 Å². The molecule has 3 rings (SSSR count). The van der Waals surface area contributed by atoms with Crippen LogP contribution in [0.4, 0.5) is 4.79 Å². The Labute approximate surface area is 177 Å². The zero-order valence-electron chi connectivity index (χ0n) is 17.9. The third-order valence-electron chi connectivity index (χ3n) is 4.94. The van der Waals surface area contributed by atoms with Crippen LogP contribution in [-0.4, -0.2) is 34.6 Å². The van der Waals surface area contributed by atoms with Crippen LogP contribution in [0.25, 0.3) is 0 Å². The van der Waals surface area contributed by atoms with Crippen LogP contribution < -0.4 is 10.1 Å². The Hall–Kier alpha value is -1.99. The van der Waals surface area contributed by atoms with Crippen molar-refractivity contribution in [3.63, 3.8) is 0 Å². The molecule has 7 heteroatoms. The van der Waals surface area contributed by atoms with Gasteiger partial charge in [0.2, 0.25) is 4.80 Å². The van der Waals surface area contributed by atoms with E-state index in [1.165, 1.54) is 16.9 Å². The first-order chi connectivity index (χ1) is 13.8. The number of hydrogen-bond donors (Lipinski definition) is 1. The van der Waals surface area contributed by atoms with E-state index >= 15 is 0 Å². The van der Waals surface area contributed by atoms with Crippen LogP contribution in [0.2, 0.25) is 0 Å². The van der Waals surface area contributed by atoms with Crippen molar-refractivity contribution in [1.82, 2.24) is 15.1 Å².